The maximum Gasteiger partial charge on any atom is 0.415 e. The number of likely N-dealkylation sites (tertiary alicyclic amines) is 1. The van der Waals surface area contributed by atoms with Crippen LogP contribution in [0.15, 0.2) is 18.3 Å². The highest BCUT2D eigenvalue weighted by Crippen LogP contribution is 2.40. The van der Waals surface area contributed by atoms with Crippen molar-refractivity contribution >= 4 is 35.8 Å². The molecule has 3 rings (SSSR count). The summed E-state index contributed by atoms with van der Waals surface area (Å²) in [6.45, 7) is 5.64. The van der Waals surface area contributed by atoms with Crippen LogP contribution in [0, 0.1) is 17.8 Å². The minimum Gasteiger partial charge on any atom is -0.464 e. The molecule has 0 aromatic carbocycles. The third-order valence-corrected chi connectivity index (χ3v) is 7.58. The van der Waals surface area contributed by atoms with E-state index in [9.17, 15) is 37.1 Å². The zero-order valence-electron chi connectivity index (χ0n) is 24.4. The number of β-lactam (4-membered cyclic amide) rings is 1. The molecular formula is C28H37F3N4O8. The largest absolute Gasteiger partial charge is 0.464 e. The van der Waals surface area contributed by atoms with Gasteiger partial charge in [-0.25, -0.2) is 24.3 Å². The van der Waals surface area contributed by atoms with E-state index in [4.69, 9.17) is 14.2 Å². The van der Waals surface area contributed by atoms with Gasteiger partial charge in [0.2, 0.25) is 12.7 Å². The molecule has 1 aromatic rings. The van der Waals surface area contributed by atoms with E-state index in [0.717, 1.165) is 6.42 Å². The van der Waals surface area contributed by atoms with Crippen molar-refractivity contribution in [3.8, 4) is 0 Å². The summed E-state index contributed by atoms with van der Waals surface area (Å²) in [5.74, 6) is -5.44. The van der Waals surface area contributed by atoms with Gasteiger partial charge >= 0.3 is 30.2 Å². The van der Waals surface area contributed by atoms with Crippen molar-refractivity contribution in [3.05, 3.63) is 23.9 Å². The third kappa shape index (κ3) is 8.35. The predicted octanol–water partition coefficient (Wildman–Crippen LogP) is 4.50. The van der Waals surface area contributed by atoms with Crippen molar-refractivity contribution in [2.45, 2.75) is 84.0 Å². The van der Waals surface area contributed by atoms with Crippen LogP contribution >= 0.6 is 0 Å². The molecule has 1 aromatic heterocycles. The maximum absolute atomic E-state index is 13.9. The average Bonchev–Trinajstić information content (AvgIpc) is 2.94. The van der Waals surface area contributed by atoms with E-state index in [-0.39, 0.29) is 25.3 Å². The lowest BCUT2D eigenvalue weighted by molar-refractivity contribution is -0.175. The van der Waals surface area contributed by atoms with Gasteiger partial charge in [0.1, 0.15) is 11.9 Å². The van der Waals surface area contributed by atoms with Crippen LogP contribution in [0.4, 0.5) is 28.6 Å². The molecule has 0 bridgehead atoms. The summed E-state index contributed by atoms with van der Waals surface area (Å²) in [6.07, 6.45) is -1.80. The Kier molecular flexibility index (Phi) is 11.3. The Balaban J connectivity index is 1.74. The monoisotopic (exact) mass is 614 g/mol. The second-order valence-electron chi connectivity index (χ2n) is 10.9. The highest BCUT2D eigenvalue weighted by Gasteiger charge is 2.59. The molecule has 238 valence electrons. The van der Waals surface area contributed by atoms with Crippen LogP contribution < -0.4 is 10.6 Å². The van der Waals surface area contributed by atoms with Crippen molar-refractivity contribution in [2.24, 2.45) is 17.8 Å². The van der Waals surface area contributed by atoms with Gasteiger partial charge in [0.05, 0.1) is 18.4 Å². The number of alkyl halides is 3. The number of hydrogen-bond acceptors (Lipinski definition) is 9. The molecule has 12 nitrogen and oxygen atoms in total. The molecule has 0 spiro atoms. The molecule has 1 aliphatic heterocycles. The Morgan fingerprint density at radius 1 is 1.07 bits per heavy atom. The van der Waals surface area contributed by atoms with E-state index >= 15 is 0 Å². The lowest BCUT2D eigenvalue weighted by atomic mass is 9.75. The number of aromatic nitrogens is 1. The maximum atomic E-state index is 13.9. The van der Waals surface area contributed by atoms with Crippen LogP contribution in [0.3, 0.4) is 0 Å². The Morgan fingerprint density at radius 3 is 2.35 bits per heavy atom. The molecule has 4 amide bonds. The summed E-state index contributed by atoms with van der Waals surface area (Å²) in [4.78, 5) is 67.3. The first kappa shape index (κ1) is 33.6. The number of ether oxygens (including phenoxy) is 3. The number of amides is 4. The smallest absolute Gasteiger partial charge is 0.415 e. The molecule has 15 heteroatoms. The SMILES string of the molecule is CCOC(=O)[C@@H]1[C@@H]([C@@H](C)c2ccnc(NC(=O)OCOC(=O)C(C)C)c2)C(=O)N1C(=O)NC(C1CCCCC1)C(F)(F)F. The zero-order valence-corrected chi connectivity index (χ0v) is 24.4. The van der Waals surface area contributed by atoms with E-state index in [0.29, 0.717) is 23.3 Å². The summed E-state index contributed by atoms with van der Waals surface area (Å²) in [5, 5.41) is 4.33. The summed E-state index contributed by atoms with van der Waals surface area (Å²) in [6, 6.07) is -2.00. The first-order valence-corrected chi connectivity index (χ1v) is 14.2. The number of anilines is 1. The van der Waals surface area contributed by atoms with E-state index in [1.165, 1.54) is 25.3 Å². The van der Waals surface area contributed by atoms with E-state index in [2.05, 4.69) is 10.3 Å². The Morgan fingerprint density at radius 2 is 1.74 bits per heavy atom. The van der Waals surface area contributed by atoms with Crippen molar-refractivity contribution in [2.75, 3.05) is 18.7 Å². The second kappa shape index (κ2) is 14.5. The van der Waals surface area contributed by atoms with Crippen LogP contribution in [-0.2, 0) is 28.6 Å². The minimum atomic E-state index is -4.74. The Hall–Kier alpha value is -3.91. The number of carbonyl (C=O) groups excluding carboxylic acids is 5. The fourth-order valence-electron chi connectivity index (χ4n) is 5.30. The lowest BCUT2D eigenvalue weighted by Crippen LogP contribution is -2.71. The summed E-state index contributed by atoms with van der Waals surface area (Å²) < 4.78 is 56.5. The van der Waals surface area contributed by atoms with Gasteiger partial charge < -0.3 is 19.5 Å². The fraction of sp³-hybridized carbons (Fsp3) is 0.643. The molecule has 1 saturated heterocycles. The van der Waals surface area contributed by atoms with Gasteiger partial charge in [0.15, 0.2) is 6.04 Å². The van der Waals surface area contributed by atoms with Gasteiger partial charge in [-0.2, -0.15) is 13.2 Å². The van der Waals surface area contributed by atoms with Crippen LogP contribution in [0.1, 0.15) is 71.3 Å². The Labute approximate surface area is 247 Å². The van der Waals surface area contributed by atoms with Gasteiger partial charge in [0.25, 0.3) is 0 Å². The van der Waals surface area contributed by atoms with Crippen molar-refractivity contribution in [1.82, 2.24) is 15.2 Å². The minimum absolute atomic E-state index is 0.0130. The number of rotatable bonds is 10. The normalized spacial score (nSPS) is 20.5. The highest BCUT2D eigenvalue weighted by atomic mass is 19.4. The van der Waals surface area contributed by atoms with Crippen LogP contribution in [0.2, 0.25) is 0 Å². The molecule has 1 aliphatic carbocycles. The number of esters is 2. The number of pyridine rings is 1. The number of halogens is 3. The van der Waals surface area contributed by atoms with Crippen molar-refractivity contribution in [3.63, 3.8) is 0 Å². The topological polar surface area (TPSA) is 153 Å². The highest BCUT2D eigenvalue weighted by molar-refractivity contribution is 6.08. The standard InChI is InChI=1S/C28H37F3N4O8/c1-5-41-25(38)21-20(23(36)35(21)26(39)34-22(28(29,30)31)17-9-7-6-8-10-17)16(4)18-11-12-32-19(13-18)33-27(40)43-14-42-24(37)15(2)3/h11-13,15-17,20-22H,5-10,14H2,1-4H3,(H,34,39)(H,32,33,40)/t16-,20+,21-,22?/m0/s1. The number of nitrogens with zero attached hydrogens (tertiary/aromatic N) is 2. The van der Waals surface area contributed by atoms with Crippen LogP contribution in [0.5, 0.6) is 0 Å². The van der Waals surface area contributed by atoms with E-state index in [1.807, 2.05) is 5.32 Å². The number of imide groups is 1. The molecule has 43 heavy (non-hydrogen) atoms. The number of urea groups is 1. The molecule has 2 aliphatic rings. The van der Waals surface area contributed by atoms with Crippen molar-refractivity contribution < 1.29 is 51.4 Å². The van der Waals surface area contributed by atoms with Gasteiger partial charge in [-0.1, -0.05) is 40.0 Å². The average molecular weight is 615 g/mol. The number of carbonyl (C=O) groups is 5. The zero-order chi connectivity index (χ0) is 31.9. The predicted molar refractivity (Wildman–Crippen MR) is 144 cm³/mol. The molecule has 1 unspecified atom stereocenters. The summed E-state index contributed by atoms with van der Waals surface area (Å²) in [5.41, 5.74) is 0.430. The number of hydrogen-bond donors (Lipinski definition) is 2. The van der Waals surface area contributed by atoms with Gasteiger partial charge in [0, 0.05) is 6.20 Å². The van der Waals surface area contributed by atoms with Gasteiger partial charge in [-0.3, -0.25) is 14.9 Å². The lowest BCUT2D eigenvalue weighted by Gasteiger charge is -2.47. The van der Waals surface area contributed by atoms with Gasteiger partial charge in [-0.15, -0.1) is 0 Å². The van der Waals surface area contributed by atoms with E-state index in [1.54, 1.807) is 20.8 Å². The molecule has 2 heterocycles. The number of nitrogens with one attached hydrogen (secondary N) is 2. The first-order chi connectivity index (χ1) is 20.3. The molecule has 0 radical (unpaired) electrons. The first-order valence-electron chi connectivity index (χ1n) is 14.2. The molecule has 2 fully saturated rings. The van der Waals surface area contributed by atoms with Crippen molar-refractivity contribution in [1.29, 1.82) is 0 Å². The molecule has 4 atom stereocenters. The second-order valence-corrected chi connectivity index (χ2v) is 10.9. The van der Waals surface area contributed by atoms with Crippen LogP contribution in [0.25, 0.3) is 0 Å². The summed E-state index contributed by atoms with van der Waals surface area (Å²) in [7, 11) is 0. The van der Waals surface area contributed by atoms with Gasteiger partial charge in [-0.05, 0) is 49.3 Å². The van der Waals surface area contributed by atoms with Crippen LogP contribution in [-0.4, -0.2) is 71.5 Å². The van der Waals surface area contributed by atoms with E-state index < -0.39 is 78.7 Å². The molecule has 2 N–H and O–H groups in total. The third-order valence-electron chi connectivity index (χ3n) is 7.58. The quantitative estimate of drug-likeness (QED) is 0.220. The molecule has 1 saturated carbocycles. The summed E-state index contributed by atoms with van der Waals surface area (Å²) >= 11 is 0. The Bertz CT molecular complexity index is 1190. The fourth-order valence-corrected chi connectivity index (χ4v) is 5.30. The molecular weight excluding hydrogens is 577 g/mol.